The molecule has 0 bridgehead atoms. The molecule has 9 heteroatoms. The van der Waals surface area contributed by atoms with E-state index in [0.717, 1.165) is 67.4 Å². The lowest BCUT2D eigenvalue weighted by molar-refractivity contribution is 0.0942. The molecule has 1 aliphatic heterocycles. The van der Waals surface area contributed by atoms with Crippen LogP contribution in [0, 0.1) is 11.8 Å². The van der Waals surface area contributed by atoms with Crippen LogP contribution < -0.4 is 15.5 Å². The first-order chi connectivity index (χ1) is 18.5. The summed E-state index contributed by atoms with van der Waals surface area (Å²) in [5, 5.41) is 25.2. The van der Waals surface area contributed by atoms with Gasteiger partial charge < -0.3 is 25.7 Å². The quantitative estimate of drug-likeness (QED) is 0.372. The van der Waals surface area contributed by atoms with Crippen LogP contribution in [0.15, 0.2) is 48.7 Å². The SMILES string of the molecule is O=C(O)NC[C@H]1CC[C@H](CNC(=O)c2cc(-c3ccc(N4CCCC(O)C4)nc3)nc3ccccc23)CC1. The van der Waals surface area contributed by atoms with E-state index < -0.39 is 6.09 Å². The van der Waals surface area contributed by atoms with E-state index in [9.17, 15) is 14.7 Å². The molecular formula is C29H35N5O4. The lowest BCUT2D eigenvalue weighted by Crippen LogP contribution is -2.38. The van der Waals surface area contributed by atoms with Gasteiger partial charge in [0.2, 0.25) is 0 Å². The molecule has 0 spiro atoms. The molecule has 9 nitrogen and oxygen atoms in total. The molecule has 2 fully saturated rings. The third-order valence-electron chi connectivity index (χ3n) is 7.78. The zero-order valence-corrected chi connectivity index (χ0v) is 21.5. The number of rotatable bonds is 7. The van der Waals surface area contributed by atoms with Gasteiger partial charge in [0, 0.05) is 43.3 Å². The largest absolute Gasteiger partial charge is 0.465 e. The topological polar surface area (TPSA) is 128 Å². The van der Waals surface area contributed by atoms with Crippen LogP contribution in [0.4, 0.5) is 10.6 Å². The van der Waals surface area contributed by atoms with Crippen molar-refractivity contribution < 1.29 is 19.8 Å². The van der Waals surface area contributed by atoms with E-state index in [4.69, 9.17) is 10.1 Å². The summed E-state index contributed by atoms with van der Waals surface area (Å²) < 4.78 is 0. The van der Waals surface area contributed by atoms with Gasteiger partial charge in [-0.1, -0.05) is 18.2 Å². The fraction of sp³-hybridized carbons (Fsp3) is 0.448. The minimum atomic E-state index is -0.975. The van der Waals surface area contributed by atoms with Crippen LogP contribution in [-0.2, 0) is 0 Å². The van der Waals surface area contributed by atoms with Crippen molar-refractivity contribution in [2.45, 2.75) is 44.6 Å². The standard InChI is InChI=1S/C29H35N5O4/c35-22-4-3-13-34(18-22)27-12-11-21(17-30-27)26-14-24(23-5-1-2-6-25(23)33-26)28(36)31-15-19-7-9-20(10-8-19)16-32-29(37)38/h1-2,5-6,11-12,14,17,19-20,22,32,35H,3-4,7-10,13,15-16,18H2,(H,31,36)(H,37,38)/t19-,20-,22?. The van der Waals surface area contributed by atoms with Crippen molar-refractivity contribution in [2.24, 2.45) is 11.8 Å². The number of piperidine rings is 1. The monoisotopic (exact) mass is 517 g/mol. The average Bonchev–Trinajstić information content (AvgIpc) is 2.95. The Kier molecular flexibility index (Phi) is 8.03. The number of amides is 2. The summed E-state index contributed by atoms with van der Waals surface area (Å²) in [6, 6.07) is 13.4. The van der Waals surface area contributed by atoms with Gasteiger partial charge in [0.1, 0.15) is 5.82 Å². The Morgan fingerprint density at radius 3 is 2.39 bits per heavy atom. The number of hydrogen-bond acceptors (Lipinski definition) is 6. The maximum atomic E-state index is 13.4. The molecule has 2 aromatic heterocycles. The molecule has 4 N–H and O–H groups in total. The molecule has 2 aliphatic rings. The molecule has 1 atom stereocenters. The highest BCUT2D eigenvalue weighted by molar-refractivity contribution is 6.07. The van der Waals surface area contributed by atoms with Crippen LogP contribution in [0.1, 0.15) is 48.9 Å². The van der Waals surface area contributed by atoms with E-state index in [0.29, 0.717) is 42.7 Å². The lowest BCUT2D eigenvalue weighted by atomic mass is 9.82. The highest BCUT2D eigenvalue weighted by Crippen LogP contribution is 2.29. The summed E-state index contributed by atoms with van der Waals surface area (Å²) in [6.07, 6.45) is 6.12. The summed E-state index contributed by atoms with van der Waals surface area (Å²) in [5.41, 5.74) is 2.87. The highest BCUT2D eigenvalue weighted by Gasteiger charge is 2.23. The van der Waals surface area contributed by atoms with Crippen LogP contribution in [0.5, 0.6) is 0 Å². The Balaban J connectivity index is 1.28. The summed E-state index contributed by atoms with van der Waals surface area (Å²) in [6.45, 7) is 2.56. The molecule has 1 saturated carbocycles. The second kappa shape index (κ2) is 11.8. The number of aliphatic hydroxyl groups excluding tert-OH is 1. The highest BCUT2D eigenvalue weighted by atomic mass is 16.4. The molecule has 200 valence electrons. The van der Waals surface area contributed by atoms with Gasteiger partial charge in [-0.05, 0) is 74.6 Å². The first-order valence-electron chi connectivity index (χ1n) is 13.5. The number of fused-ring (bicyclic) bond motifs is 1. The molecule has 3 aromatic rings. The number of nitrogens with one attached hydrogen (secondary N) is 2. The number of carbonyl (C=O) groups excluding carboxylic acids is 1. The molecule has 1 aromatic carbocycles. The first kappa shape index (κ1) is 25.9. The van der Waals surface area contributed by atoms with Crippen molar-refractivity contribution in [3.63, 3.8) is 0 Å². The van der Waals surface area contributed by atoms with Crippen LogP contribution in [0.25, 0.3) is 22.2 Å². The average molecular weight is 518 g/mol. The Hall–Kier alpha value is -3.72. The van der Waals surface area contributed by atoms with Gasteiger partial charge in [0.15, 0.2) is 0 Å². The third kappa shape index (κ3) is 6.22. The van der Waals surface area contributed by atoms with Crippen LogP contribution in [-0.4, -0.2) is 64.5 Å². The van der Waals surface area contributed by atoms with Crippen molar-refractivity contribution in [1.82, 2.24) is 20.6 Å². The van der Waals surface area contributed by atoms with Crippen molar-refractivity contribution in [2.75, 3.05) is 31.1 Å². The predicted octanol–water partition coefficient (Wildman–Crippen LogP) is 4.06. The number of aliphatic hydroxyl groups is 1. The molecular weight excluding hydrogens is 482 g/mol. The van der Waals surface area contributed by atoms with Gasteiger partial charge in [0.05, 0.1) is 22.9 Å². The zero-order chi connectivity index (χ0) is 26.5. The van der Waals surface area contributed by atoms with E-state index in [2.05, 4.69) is 20.5 Å². The van der Waals surface area contributed by atoms with Crippen molar-refractivity contribution in [3.8, 4) is 11.3 Å². The maximum absolute atomic E-state index is 13.4. The van der Waals surface area contributed by atoms with Crippen molar-refractivity contribution in [1.29, 1.82) is 0 Å². The number of pyridine rings is 2. The van der Waals surface area contributed by atoms with Gasteiger partial charge in [-0.3, -0.25) is 4.79 Å². The van der Waals surface area contributed by atoms with Gasteiger partial charge in [-0.2, -0.15) is 0 Å². The van der Waals surface area contributed by atoms with Gasteiger partial charge >= 0.3 is 6.09 Å². The number of aromatic nitrogens is 2. The summed E-state index contributed by atoms with van der Waals surface area (Å²) in [7, 11) is 0. The van der Waals surface area contributed by atoms with Crippen molar-refractivity contribution >= 4 is 28.7 Å². The molecule has 1 aliphatic carbocycles. The zero-order valence-electron chi connectivity index (χ0n) is 21.5. The molecule has 1 unspecified atom stereocenters. The third-order valence-corrected chi connectivity index (χ3v) is 7.78. The number of benzene rings is 1. The Bertz CT molecular complexity index is 1270. The van der Waals surface area contributed by atoms with Gasteiger partial charge in [-0.25, -0.2) is 14.8 Å². The maximum Gasteiger partial charge on any atom is 0.404 e. The number of carbonyl (C=O) groups is 2. The van der Waals surface area contributed by atoms with E-state index in [1.165, 1.54) is 0 Å². The first-order valence-corrected chi connectivity index (χ1v) is 13.5. The normalized spacial score (nSPS) is 21.7. The lowest BCUT2D eigenvalue weighted by Gasteiger charge is -2.31. The minimum Gasteiger partial charge on any atom is -0.465 e. The molecule has 5 rings (SSSR count). The van der Waals surface area contributed by atoms with E-state index >= 15 is 0 Å². The Labute approximate surface area is 222 Å². The predicted molar refractivity (Wildman–Crippen MR) is 146 cm³/mol. The molecule has 0 radical (unpaired) electrons. The summed E-state index contributed by atoms with van der Waals surface area (Å²) in [5.74, 6) is 1.47. The Morgan fingerprint density at radius 2 is 1.71 bits per heavy atom. The summed E-state index contributed by atoms with van der Waals surface area (Å²) >= 11 is 0. The number of anilines is 1. The molecule has 38 heavy (non-hydrogen) atoms. The van der Waals surface area contributed by atoms with Crippen LogP contribution in [0.3, 0.4) is 0 Å². The van der Waals surface area contributed by atoms with E-state index in [1.807, 2.05) is 42.5 Å². The minimum absolute atomic E-state index is 0.119. The smallest absolute Gasteiger partial charge is 0.404 e. The second-order valence-corrected chi connectivity index (χ2v) is 10.5. The number of β-amino-alcohol motifs (C(OH)–C–C–N with tert-alkyl or cyclic N) is 1. The number of hydrogen-bond donors (Lipinski definition) is 4. The number of carboxylic acid groups (broad SMARTS) is 1. The van der Waals surface area contributed by atoms with E-state index in [1.54, 1.807) is 6.20 Å². The van der Waals surface area contributed by atoms with Gasteiger partial charge in [0.25, 0.3) is 5.91 Å². The summed E-state index contributed by atoms with van der Waals surface area (Å²) in [4.78, 5) is 35.6. The number of nitrogens with zero attached hydrogens (tertiary/aromatic N) is 3. The molecule has 1 saturated heterocycles. The van der Waals surface area contributed by atoms with Crippen LogP contribution >= 0.6 is 0 Å². The second-order valence-electron chi connectivity index (χ2n) is 10.5. The van der Waals surface area contributed by atoms with Crippen molar-refractivity contribution in [3.05, 3.63) is 54.2 Å². The number of para-hydroxylation sites is 1. The molecule has 2 amide bonds. The van der Waals surface area contributed by atoms with Gasteiger partial charge in [-0.15, -0.1) is 0 Å². The fourth-order valence-corrected chi connectivity index (χ4v) is 5.60. The van der Waals surface area contributed by atoms with Crippen LogP contribution in [0.2, 0.25) is 0 Å². The fourth-order valence-electron chi connectivity index (χ4n) is 5.60. The van der Waals surface area contributed by atoms with E-state index in [-0.39, 0.29) is 12.0 Å². The molecule has 3 heterocycles. The Morgan fingerprint density at radius 1 is 0.974 bits per heavy atom.